The van der Waals surface area contributed by atoms with E-state index in [4.69, 9.17) is 0 Å². The lowest BCUT2D eigenvalue weighted by atomic mass is 10.2. The van der Waals surface area contributed by atoms with Gasteiger partial charge in [-0.1, -0.05) is 23.9 Å². The summed E-state index contributed by atoms with van der Waals surface area (Å²) in [7, 11) is -1.40. The molecule has 0 radical (unpaired) electrons. The van der Waals surface area contributed by atoms with Gasteiger partial charge in [0.1, 0.15) is 5.82 Å². The molecule has 1 saturated carbocycles. The summed E-state index contributed by atoms with van der Waals surface area (Å²) in [5.41, 5.74) is 0.397. The average Bonchev–Trinajstić information content (AvgIpc) is 3.31. The second-order valence-electron chi connectivity index (χ2n) is 7.24. The fourth-order valence-electron chi connectivity index (χ4n) is 3.38. The van der Waals surface area contributed by atoms with Crippen molar-refractivity contribution in [3.63, 3.8) is 0 Å². The highest BCUT2D eigenvalue weighted by Gasteiger charge is 2.34. The highest BCUT2D eigenvalue weighted by Crippen LogP contribution is 2.41. The van der Waals surface area contributed by atoms with Crippen LogP contribution in [0.15, 0.2) is 29.4 Å². The lowest BCUT2D eigenvalue weighted by Gasteiger charge is -2.23. The zero-order valence-electron chi connectivity index (χ0n) is 15.4. The average molecular weight is 425 g/mol. The lowest BCUT2D eigenvalue weighted by Crippen LogP contribution is -2.38. The molecule has 1 unspecified atom stereocenters. The zero-order chi connectivity index (χ0) is 19.9. The van der Waals surface area contributed by atoms with Crippen LogP contribution in [-0.4, -0.2) is 64.3 Å². The maximum Gasteiger partial charge on any atom is 0.233 e. The van der Waals surface area contributed by atoms with E-state index in [1.165, 1.54) is 22.7 Å². The first-order valence-electron chi connectivity index (χ1n) is 9.14. The van der Waals surface area contributed by atoms with Gasteiger partial charge in [0.15, 0.2) is 20.8 Å². The number of hydrogen-bond donors (Lipinski definition) is 0. The molecular formula is C18H21FN4O3S2. The van der Waals surface area contributed by atoms with Crippen LogP contribution >= 0.6 is 11.8 Å². The van der Waals surface area contributed by atoms with Gasteiger partial charge in [-0.25, -0.2) is 12.8 Å². The molecule has 1 saturated heterocycles. The maximum atomic E-state index is 14.2. The molecule has 4 rings (SSSR count). The standard InChI is InChI=1S/C18H21FN4O3S2/c1-22(13-8-9-28(25,26)11-13)16(24)10-27-18-21-20-17(23(18)12-6-7-12)14-4-2-3-5-15(14)19/h2-5,12-13H,6-11H2,1H3. The van der Waals surface area contributed by atoms with Crippen molar-refractivity contribution in [3.8, 4) is 11.4 Å². The van der Waals surface area contributed by atoms with Gasteiger partial charge in [0.2, 0.25) is 5.91 Å². The van der Waals surface area contributed by atoms with E-state index in [2.05, 4.69) is 10.2 Å². The molecule has 7 nitrogen and oxygen atoms in total. The largest absolute Gasteiger partial charge is 0.341 e. The molecule has 2 aromatic rings. The van der Waals surface area contributed by atoms with E-state index < -0.39 is 9.84 Å². The van der Waals surface area contributed by atoms with Gasteiger partial charge in [-0.2, -0.15) is 0 Å². The predicted octanol–water partition coefficient (Wildman–Crippen LogP) is 2.16. The van der Waals surface area contributed by atoms with Crippen molar-refractivity contribution in [1.82, 2.24) is 19.7 Å². The Hall–Kier alpha value is -1.94. The van der Waals surface area contributed by atoms with E-state index in [0.717, 1.165) is 12.8 Å². The molecule has 1 aliphatic carbocycles. The summed E-state index contributed by atoms with van der Waals surface area (Å²) in [6.07, 6.45) is 2.42. The first kappa shape index (κ1) is 19.4. The highest BCUT2D eigenvalue weighted by atomic mass is 32.2. The van der Waals surface area contributed by atoms with Gasteiger partial charge in [-0.3, -0.25) is 9.36 Å². The molecule has 0 bridgehead atoms. The van der Waals surface area contributed by atoms with Gasteiger partial charge in [0, 0.05) is 19.1 Å². The number of thioether (sulfide) groups is 1. The summed E-state index contributed by atoms with van der Waals surface area (Å²) in [6, 6.07) is 6.40. The number of benzene rings is 1. The summed E-state index contributed by atoms with van der Waals surface area (Å²) >= 11 is 1.26. The third-order valence-electron chi connectivity index (χ3n) is 5.17. The summed E-state index contributed by atoms with van der Waals surface area (Å²) in [5, 5.41) is 8.95. The molecule has 150 valence electrons. The van der Waals surface area contributed by atoms with Crippen molar-refractivity contribution in [2.75, 3.05) is 24.3 Å². The Morgan fingerprint density at radius 2 is 2.04 bits per heavy atom. The Bertz CT molecular complexity index is 1000. The monoisotopic (exact) mass is 424 g/mol. The minimum atomic E-state index is -3.04. The van der Waals surface area contributed by atoms with Crippen LogP contribution in [-0.2, 0) is 14.6 Å². The van der Waals surface area contributed by atoms with E-state index in [0.29, 0.717) is 23.0 Å². The van der Waals surface area contributed by atoms with Crippen molar-refractivity contribution in [2.45, 2.75) is 36.5 Å². The third-order valence-corrected chi connectivity index (χ3v) is 7.84. The fraction of sp³-hybridized carbons (Fsp3) is 0.500. The minimum Gasteiger partial charge on any atom is -0.341 e. The molecule has 1 aliphatic heterocycles. The fourth-order valence-corrected chi connectivity index (χ4v) is 6.08. The Morgan fingerprint density at radius 1 is 1.29 bits per heavy atom. The number of halogens is 1. The van der Waals surface area contributed by atoms with Gasteiger partial charge < -0.3 is 4.90 Å². The molecule has 28 heavy (non-hydrogen) atoms. The van der Waals surface area contributed by atoms with Crippen LogP contribution in [0.5, 0.6) is 0 Å². The number of nitrogens with zero attached hydrogens (tertiary/aromatic N) is 4. The van der Waals surface area contributed by atoms with E-state index in [-0.39, 0.29) is 41.1 Å². The van der Waals surface area contributed by atoms with Crippen molar-refractivity contribution in [2.24, 2.45) is 0 Å². The molecule has 2 heterocycles. The molecule has 1 amide bonds. The summed E-state index contributed by atoms with van der Waals surface area (Å²) < 4.78 is 39.4. The maximum absolute atomic E-state index is 14.2. The zero-order valence-corrected chi connectivity index (χ0v) is 17.0. The number of carbonyl (C=O) groups excluding carboxylic acids is 1. The Balaban J connectivity index is 1.48. The summed E-state index contributed by atoms with van der Waals surface area (Å²) in [5.74, 6) is 0.261. The first-order chi connectivity index (χ1) is 13.4. The number of amides is 1. The molecule has 1 atom stereocenters. The van der Waals surface area contributed by atoms with E-state index in [1.807, 2.05) is 4.57 Å². The van der Waals surface area contributed by atoms with E-state index in [1.54, 1.807) is 25.2 Å². The van der Waals surface area contributed by atoms with Crippen LogP contribution in [0.2, 0.25) is 0 Å². The molecule has 2 aliphatic rings. The molecule has 0 spiro atoms. The number of aromatic nitrogens is 3. The van der Waals surface area contributed by atoms with Gasteiger partial charge >= 0.3 is 0 Å². The van der Waals surface area contributed by atoms with Crippen molar-refractivity contribution in [1.29, 1.82) is 0 Å². The Morgan fingerprint density at radius 3 is 2.68 bits per heavy atom. The van der Waals surface area contributed by atoms with E-state index in [9.17, 15) is 17.6 Å². The molecule has 1 aromatic carbocycles. The molecule has 10 heteroatoms. The second kappa shape index (κ2) is 7.47. The number of hydrogen-bond acceptors (Lipinski definition) is 6. The second-order valence-corrected chi connectivity index (χ2v) is 10.4. The minimum absolute atomic E-state index is 0.0234. The normalized spacial score (nSPS) is 21.0. The van der Waals surface area contributed by atoms with Gasteiger partial charge in [0.25, 0.3) is 0 Å². The van der Waals surface area contributed by atoms with Crippen LogP contribution in [0.1, 0.15) is 25.3 Å². The molecule has 2 fully saturated rings. The van der Waals surface area contributed by atoms with Gasteiger partial charge in [0.05, 0.1) is 22.8 Å². The van der Waals surface area contributed by atoms with Gasteiger partial charge in [-0.15, -0.1) is 10.2 Å². The lowest BCUT2D eigenvalue weighted by molar-refractivity contribution is -0.128. The topological polar surface area (TPSA) is 85.2 Å². The van der Waals surface area contributed by atoms with E-state index >= 15 is 0 Å². The first-order valence-corrected chi connectivity index (χ1v) is 11.9. The molecule has 0 N–H and O–H groups in total. The van der Waals surface area contributed by atoms with Crippen LogP contribution in [0, 0.1) is 5.82 Å². The predicted molar refractivity (Wildman–Crippen MR) is 104 cm³/mol. The third kappa shape index (κ3) is 3.93. The van der Waals surface area contributed by atoms with Crippen LogP contribution < -0.4 is 0 Å². The van der Waals surface area contributed by atoms with Crippen LogP contribution in [0.25, 0.3) is 11.4 Å². The molecular weight excluding hydrogens is 403 g/mol. The van der Waals surface area contributed by atoms with Crippen LogP contribution in [0.4, 0.5) is 4.39 Å². The number of sulfone groups is 1. The number of carbonyl (C=O) groups is 1. The van der Waals surface area contributed by atoms with Crippen molar-refractivity contribution < 1.29 is 17.6 Å². The Kier molecular flexibility index (Phi) is 5.17. The van der Waals surface area contributed by atoms with Crippen molar-refractivity contribution in [3.05, 3.63) is 30.1 Å². The van der Waals surface area contributed by atoms with Gasteiger partial charge in [-0.05, 0) is 31.4 Å². The smallest absolute Gasteiger partial charge is 0.233 e. The number of rotatable bonds is 6. The SMILES string of the molecule is CN(C(=O)CSc1nnc(-c2ccccc2F)n1C1CC1)C1CCS(=O)(=O)C1. The van der Waals surface area contributed by atoms with Crippen molar-refractivity contribution >= 4 is 27.5 Å². The summed E-state index contributed by atoms with van der Waals surface area (Å²) in [4.78, 5) is 14.1. The van der Waals surface area contributed by atoms with Crippen LogP contribution in [0.3, 0.4) is 0 Å². The molecule has 1 aromatic heterocycles. The quantitative estimate of drug-likeness (QED) is 0.661. The Labute approximate surface area is 167 Å². The highest BCUT2D eigenvalue weighted by molar-refractivity contribution is 7.99. The summed E-state index contributed by atoms with van der Waals surface area (Å²) in [6.45, 7) is 0.